The summed E-state index contributed by atoms with van der Waals surface area (Å²) >= 11 is 0. The van der Waals surface area contributed by atoms with E-state index in [2.05, 4.69) is 20.0 Å². The molecule has 0 bridgehead atoms. The largest absolute Gasteiger partial charge is 0.363 e. The number of anilines is 1. The van der Waals surface area contributed by atoms with Gasteiger partial charge in [0, 0.05) is 24.6 Å². The van der Waals surface area contributed by atoms with E-state index in [0.717, 1.165) is 4.90 Å². The van der Waals surface area contributed by atoms with Crippen LogP contribution in [-0.2, 0) is 14.8 Å². The van der Waals surface area contributed by atoms with Gasteiger partial charge in [-0.25, -0.2) is 8.42 Å². The molecule has 2 aromatic carbocycles. The monoisotopic (exact) mass is 492 g/mol. The van der Waals surface area contributed by atoms with Crippen molar-refractivity contribution in [3.63, 3.8) is 0 Å². The minimum atomic E-state index is -4.03. The molecule has 0 spiro atoms. The number of imide groups is 1. The quantitative estimate of drug-likeness (QED) is 0.475. The molecule has 1 N–H and O–H groups in total. The predicted molar refractivity (Wildman–Crippen MR) is 128 cm³/mol. The molecule has 1 aromatic heterocycles. The molecule has 3 amide bonds. The third-order valence-corrected chi connectivity index (χ3v) is 6.54. The Bertz CT molecular complexity index is 1370. The summed E-state index contributed by atoms with van der Waals surface area (Å²) in [4.78, 5) is 46.2. The van der Waals surface area contributed by atoms with E-state index in [0.29, 0.717) is 34.6 Å². The standard InChI is InChI=1S/C24H23N5O5S/c1-15-14-16(2)26-24(25-15)28-35(33,34)18-11-9-17(10-12-18)27-21(30)8-5-13-29-22(31)19-6-3-4-7-20(19)23(29)32/h3-4,6-7,9-12,14H,5,8,13H2,1-2H3,(H2,25,26,27,28,30)/p-1. The van der Waals surface area contributed by atoms with Gasteiger partial charge in [0.1, 0.15) is 0 Å². The Labute approximate surface area is 202 Å². The Balaban J connectivity index is 1.30. The third kappa shape index (κ3) is 5.35. The lowest BCUT2D eigenvalue weighted by Gasteiger charge is -2.15. The third-order valence-electron chi connectivity index (χ3n) is 5.27. The van der Waals surface area contributed by atoms with Crippen LogP contribution in [0.25, 0.3) is 4.72 Å². The number of sulfonamides is 1. The van der Waals surface area contributed by atoms with Gasteiger partial charge in [-0.3, -0.25) is 24.0 Å². The highest BCUT2D eigenvalue weighted by atomic mass is 32.2. The van der Waals surface area contributed by atoms with Gasteiger partial charge in [-0.15, -0.1) is 0 Å². The smallest absolute Gasteiger partial charge is 0.261 e. The number of benzene rings is 2. The maximum atomic E-state index is 12.6. The Morgan fingerprint density at radius 1 is 0.943 bits per heavy atom. The lowest BCUT2D eigenvalue weighted by atomic mass is 10.1. The molecule has 0 atom stereocenters. The lowest BCUT2D eigenvalue weighted by Crippen LogP contribution is -2.31. The van der Waals surface area contributed by atoms with E-state index < -0.39 is 10.0 Å². The van der Waals surface area contributed by atoms with Crippen molar-refractivity contribution in [3.05, 3.63) is 81.8 Å². The highest BCUT2D eigenvalue weighted by Crippen LogP contribution is 2.26. The molecule has 2 heterocycles. The molecule has 0 fully saturated rings. The van der Waals surface area contributed by atoms with Crippen LogP contribution in [0.1, 0.15) is 44.9 Å². The fourth-order valence-corrected chi connectivity index (χ4v) is 4.56. The topological polar surface area (TPSA) is 140 Å². The summed E-state index contributed by atoms with van der Waals surface area (Å²) in [5.41, 5.74) is 2.35. The number of hydrogen-bond acceptors (Lipinski definition) is 7. The first-order valence-corrected chi connectivity index (χ1v) is 12.2. The molecule has 35 heavy (non-hydrogen) atoms. The van der Waals surface area contributed by atoms with Crippen molar-refractivity contribution in [1.29, 1.82) is 0 Å². The average molecular weight is 493 g/mol. The molecular weight excluding hydrogens is 470 g/mol. The summed E-state index contributed by atoms with van der Waals surface area (Å²) in [6, 6.07) is 13.9. The minimum absolute atomic E-state index is 0.0658. The fourth-order valence-electron chi connectivity index (χ4n) is 3.68. The van der Waals surface area contributed by atoms with Crippen molar-refractivity contribution in [2.75, 3.05) is 11.9 Å². The number of amides is 3. The Morgan fingerprint density at radius 2 is 1.51 bits per heavy atom. The molecule has 0 radical (unpaired) electrons. The highest BCUT2D eigenvalue weighted by Gasteiger charge is 2.34. The number of aromatic nitrogens is 2. The van der Waals surface area contributed by atoms with Crippen LogP contribution in [0.2, 0.25) is 0 Å². The van der Waals surface area contributed by atoms with E-state index in [1.165, 1.54) is 24.3 Å². The van der Waals surface area contributed by atoms with Gasteiger partial charge in [-0.05, 0) is 68.1 Å². The SMILES string of the molecule is Cc1cc(C)nc([N-]S(=O)(=O)c2ccc(NC(=O)CCCN3C(=O)c4ccccc4C3=O)cc2)n1. The molecule has 3 aromatic rings. The van der Waals surface area contributed by atoms with E-state index in [1.54, 1.807) is 44.2 Å². The zero-order valence-corrected chi connectivity index (χ0v) is 19.9. The van der Waals surface area contributed by atoms with E-state index in [1.807, 2.05) is 0 Å². The Morgan fingerprint density at radius 3 is 2.09 bits per heavy atom. The van der Waals surface area contributed by atoms with Crippen molar-refractivity contribution in [2.24, 2.45) is 0 Å². The van der Waals surface area contributed by atoms with Crippen molar-refractivity contribution < 1.29 is 22.8 Å². The molecule has 1 aliphatic heterocycles. The summed E-state index contributed by atoms with van der Waals surface area (Å²) < 4.78 is 28.8. The second-order valence-corrected chi connectivity index (χ2v) is 9.60. The summed E-state index contributed by atoms with van der Waals surface area (Å²) in [6.07, 6.45) is 0.366. The van der Waals surface area contributed by atoms with Crippen LogP contribution >= 0.6 is 0 Å². The normalized spacial score (nSPS) is 13.0. The number of nitrogens with one attached hydrogen (secondary N) is 1. The molecule has 180 valence electrons. The molecule has 0 saturated heterocycles. The zero-order chi connectivity index (χ0) is 25.2. The molecular formula is C24H22N5O5S-. The number of carbonyl (C=O) groups excluding carboxylic acids is 3. The Hall–Kier alpha value is -4.12. The van der Waals surface area contributed by atoms with E-state index in [4.69, 9.17) is 0 Å². The van der Waals surface area contributed by atoms with E-state index >= 15 is 0 Å². The molecule has 4 rings (SSSR count). The summed E-state index contributed by atoms with van der Waals surface area (Å²) in [7, 11) is -4.03. The maximum Gasteiger partial charge on any atom is 0.261 e. The van der Waals surface area contributed by atoms with Gasteiger partial charge in [0.15, 0.2) is 0 Å². The van der Waals surface area contributed by atoms with Crippen molar-refractivity contribution in [2.45, 2.75) is 31.6 Å². The predicted octanol–water partition coefficient (Wildman–Crippen LogP) is 3.50. The van der Waals surface area contributed by atoms with Crippen LogP contribution in [0.4, 0.5) is 11.6 Å². The summed E-state index contributed by atoms with van der Waals surface area (Å²) in [5.74, 6) is -1.19. The van der Waals surface area contributed by atoms with Crippen molar-refractivity contribution in [1.82, 2.24) is 14.9 Å². The second kappa shape index (κ2) is 9.63. The first-order chi connectivity index (χ1) is 16.6. The van der Waals surface area contributed by atoms with Gasteiger partial charge >= 0.3 is 0 Å². The first kappa shape index (κ1) is 24.0. The molecule has 10 nitrogen and oxygen atoms in total. The van der Waals surface area contributed by atoms with Gasteiger partial charge in [0.2, 0.25) is 15.9 Å². The van der Waals surface area contributed by atoms with Crippen molar-refractivity contribution >= 4 is 39.4 Å². The number of hydrogen-bond donors (Lipinski definition) is 1. The van der Waals surface area contributed by atoms with Crippen LogP contribution in [-0.4, -0.2) is 47.6 Å². The molecule has 1 aliphatic rings. The number of aryl methyl sites for hydroxylation is 2. The van der Waals surface area contributed by atoms with Gasteiger partial charge in [0.05, 0.1) is 16.0 Å². The lowest BCUT2D eigenvalue weighted by molar-refractivity contribution is -0.116. The van der Waals surface area contributed by atoms with Crippen LogP contribution < -0.4 is 5.32 Å². The molecule has 0 unspecified atom stereocenters. The number of fused-ring (bicyclic) bond motifs is 1. The fraction of sp³-hybridized carbons (Fsp3) is 0.208. The van der Waals surface area contributed by atoms with Crippen LogP contribution in [0.5, 0.6) is 0 Å². The number of nitrogens with zero attached hydrogens (tertiary/aromatic N) is 4. The van der Waals surface area contributed by atoms with Crippen molar-refractivity contribution in [3.8, 4) is 0 Å². The maximum absolute atomic E-state index is 12.6. The number of carbonyl (C=O) groups is 3. The first-order valence-electron chi connectivity index (χ1n) is 10.8. The average Bonchev–Trinajstić information content (AvgIpc) is 3.03. The molecule has 0 aliphatic carbocycles. The summed E-state index contributed by atoms with van der Waals surface area (Å²) in [6.45, 7) is 3.56. The molecule has 11 heteroatoms. The van der Waals surface area contributed by atoms with Crippen LogP contribution in [0, 0.1) is 13.8 Å². The highest BCUT2D eigenvalue weighted by molar-refractivity contribution is 7.94. The van der Waals surface area contributed by atoms with E-state index in [-0.39, 0.29) is 41.5 Å². The van der Waals surface area contributed by atoms with Crippen LogP contribution in [0.15, 0.2) is 59.5 Å². The Kier molecular flexibility index (Phi) is 6.61. The van der Waals surface area contributed by atoms with Gasteiger partial charge < -0.3 is 15.3 Å². The van der Waals surface area contributed by atoms with Gasteiger partial charge in [-0.1, -0.05) is 18.2 Å². The minimum Gasteiger partial charge on any atom is -0.363 e. The summed E-state index contributed by atoms with van der Waals surface area (Å²) in [5, 5.41) is 2.67. The second-order valence-electron chi connectivity index (χ2n) is 8.00. The van der Waals surface area contributed by atoms with Crippen LogP contribution in [0.3, 0.4) is 0 Å². The van der Waals surface area contributed by atoms with E-state index in [9.17, 15) is 22.8 Å². The zero-order valence-electron chi connectivity index (χ0n) is 19.1. The van der Waals surface area contributed by atoms with Gasteiger partial charge in [0.25, 0.3) is 11.8 Å². The number of rotatable bonds is 8. The molecule has 0 saturated carbocycles. The van der Waals surface area contributed by atoms with Gasteiger partial charge in [-0.2, -0.15) is 0 Å².